The normalized spacial score (nSPS) is 13.4. The topological polar surface area (TPSA) is 129 Å². The molecule has 0 aromatic carbocycles. The first-order valence-corrected chi connectivity index (χ1v) is 8.54. The Balaban J connectivity index is 2.86. The summed E-state index contributed by atoms with van der Waals surface area (Å²) in [6.45, 7) is 1.51. The Morgan fingerprint density at radius 2 is 2.16 bits per heavy atom. The van der Waals surface area contributed by atoms with Gasteiger partial charge in [-0.3, -0.25) is 9.31 Å². The number of rotatable bonds is 7. The minimum absolute atomic E-state index is 0.0889. The molecule has 19 heavy (non-hydrogen) atoms. The molecule has 0 radical (unpaired) electrons. The van der Waals surface area contributed by atoms with Crippen LogP contribution in [0.1, 0.15) is 22.6 Å². The molecule has 108 valence electrons. The lowest BCUT2D eigenvalue weighted by Gasteiger charge is -2.06. The molecule has 10 heteroatoms. The van der Waals surface area contributed by atoms with E-state index in [-0.39, 0.29) is 17.1 Å². The maximum atomic E-state index is 12.0. The summed E-state index contributed by atoms with van der Waals surface area (Å²) >= 11 is 0. The Bertz CT molecular complexity index is 593. The van der Waals surface area contributed by atoms with Gasteiger partial charge < -0.3 is 5.11 Å². The van der Waals surface area contributed by atoms with Gasteiger partial charge >= 0.3 is 5.97 Å². The fraction of sp³-hybridized carbons (Fsp3) is 0.556. The number of nitrogens with one attached hydrogen (secondary N) is 2. The molecular formula is C9H15N3O5S2. The van der Waals surface area contributed by atoms with Crippen LogP contribution in [0.25, 0.3) is 0 Å². The molecule has 0 spiro atoms. The summed E-state index contributed by atoms with van der Waals surface area (Å²) in [5, 5.41) is 14.7. The standard InChI is InChI=1S/C9H15N3O5S2/c1-6-8(7(9(13)14)12-11-6)19(16,17)10-4-3-5-18(2)15/h10H,3-5H2,1-2H3,(H,11,12)(H,13,14). The van der Waals surface area contributed by atoms with Gasteiger partial charge in [-0.15, -0.1) is 0 Å². The average Bonchev–Trinajstić information content (AvgIpc) is 2.67. The van der Waals surface area contributed by atoms with E-state index >= 15 is 0 Å². The minimum atomic E-state index is -3.94. The van der Waals surface area contributed by atoms with Gasteiger partial charge in [-0.05, 0) is 13.3 Å². The first-order chi connectivity index (χ1) is 8.75. The van der Waals surface area contributed by atoms with Crippen molar-refractivity contribution in [3.05, 3.63) is 11.4 Å². The van der Waals surface area contributed by atoms with E-state index in [0.717, 1.165) is 0 Å². The van der Waals surface area contributed by atoms with Crippen LogP contribution in [-0.4, -0.2) is 52.5 Å². The molecule has 0 bridgehead atoms. The number of aromatic carboxylic acids is 1. The van der Waals surface area contributed by atoms with Crippen molar-refractivity contribution >= 4 is 26.8 Å². The first-order valence-electron chi connectivity index (χ1n) is 5.33. The third kappa shape index (κ3) is 4.11. The molecule has 1 unspecified atom stereocenters. The van der Waals surface area contributed by atoms with Crippen LogP contribution in [0.5, 0.6) is 0 Å². The Labute approximate surface area is 113 Å². The van der Waals surface area contributed by atoms with Crippen molar-refractivity contribution in [1.29, 1.82) is 0 Å². The average molecular weight is 309 g/mol. The van der Waals surface area contributed by atoms with Gasteiger partial charge in [0.1, 0.15) is 4.90 Å². The number of aromatic nitrogens is 2. The van der Waals surface area contributed by atoms with Crippen molar-refractivity contribution in [3.8, 4) is 0 Å². The van der Waals surface area contributed by atoms with Crippen LogP contribution in [0.2, 0.25) is 0 Å². The lowest BCUT2D eigenvalue weighted by molar-refractivity contribution is 0.0686. The molecule has 0 saturated heterocycles. The number of carboxylic acid groups (broad SMARTS) is 1. The zero-order valence-electron chi connectivity index (χ0n) is 10.5. The van der Waals surface area contributed by atoms with Crippen LogP contribution in [0.3, 0.4) is 0 Å². The van der Waals surface area contributed by atoms with Crippen LogP contribution in [0.4, 0.5) is 0 Å². The monoisotopic (exact) mass is 309 g/mol. The van der Waals surface area contributed by atoms with Crippen LogP contribution < -0.4 is 4.72 Å². The third-order valence-electron chi connectivity index (χ3n) is 2.26. The Morgan fingerprint density at radius 3 is 2.68 bits per heavy atom. The molecule has 0 aliphatic heterocycles. The number of hydrogen-bond acceptors (Lipinski definition) is 5. The Kier molecular flexibility index (Phi) is 5.20. The van der Waals surface area contributed by atoms with E-state index < -0.39 is 32.5 Å². The van der Waals surface area contributed by atoms with Crippen LogP contribution in [0, 0.1) is 6.92 Å². The summed E-state index contributed by atoms with van der Waals surface area (Å²) in [6.07, 6.45) is 1.93. The number of carboxylic acids is 1. The number of nitrogens with zero attached hydrogens (tertiary/aromatic N) is 1. The van der Waals surface area contributed by atoms with Crippen molar-refractivity contribution < 1.29 is 22.5 Å². The molecule has 1 aromatic rings. The Morgan fingerprint density at radius 1 is 1.53 bits per heavy atom. The molecule has 1 atom stereocenters. The zero-order valence-corrected chi connectivity index (χ0v) is 12.1. The molecule has 8 nitrogen and oxygen atoms in total. The fourth-order valence-electron chi connectivity index (χ4n) is 1.45. The van der Waals surface area contributed by atoms with Gasteiger partial charge in [-0.25, -0.2) is 17.9 Å². The Hall–Kier alpha value is -1.26. The third-order valence-corrected chi connectivity index (χ3v) is 4.75. The van der Waals surface area contributed by atoms with Gasteiger partial charge in [0.05, 0.1) is 5.69 Å². The van der Waals surface area contributed by atoms with E-state index in [1.54, 1.807) is 0 Å². The molecule has 1 rings (SSSR count). The van der Waals surface area contributed by atoms with E-state index in [1.807, 2.05) is 0 Å². The summed E-state index contributed by atoms with van der Waals surface area (Å²) in [5.41, 5.74) is -0.381. The molecule has 3 N–H and O–H groups in total. The number of aryl methyl sites for hydroxylation is 1. The molecule has 1 aromatic heterocycles. The molecular weight excluding hydrogens is 294 g/mol. The second-order valence-electron chi connectivity index (χ2n) is 3.86. The van der Waals surface area contributed by atoms with Crippen molar-refractivity contribution in [3.63, 3.8) is 0 Å². The molecule has 0 saturated carbocycles. The number of carbonyl (C=O) groups is 1. The van der Waals surface area contributed by atoms with Gasteiger partial charge in [0.15, 0.2) is 5.69 Å². The predicted octanol–water partition coefficient (Wildman–Crippen LogP) is -0.537. The zero-order chi connectivity index (χ0) is 14.6. The number of H-pyrrole nitrogens is 1. The van der Waals surface area contributed by atoms with Gasteiger partial charge in [0.2, 0.25) is 10.0 Å². The van der Waals surface area contributed by atoms with Gasteiger partial charge in [0.25, 0.3) is 0 Å². The number of sulfonamides is 1. The summed E-state index contributed by atoms with van der Waals surface area (Å²) in [7, 11) is -4.94. The maximum absolute atomic E-state index is 12.0. The largest absolute Gasteiger partial charge is 0.476 e. The van der Waals surface area contributed by atoms with Crippen molar-refractivity contribution in [1.82, 2.24) is 14.9 Å². The SMILES string of the molecule is Cc1[nH]nc(C(=O)O)c1S(=O)(=O)NCCCS(C)=O. The molecule has 0 fully saturated rings. The summed E-state index contributed by atoms with van der Waals surface area (Å²) in [5.74, 6) is -1.04. The van der Waals surface area contributed by atoms with Crippen molar-refractivity contribution in [2.24, 2.45) is 0 Å². The number of hydrogen-bond donors (Lipinski definition) is 3. The molecule has 0 aliphatic carbocycles. The van der Waals surface area contributed by atoms with E-state index in [0.29, 0.717) is 12.2 Å². The quantitative estimate of drug-likeness (QED) is 0.580. The molecule has 1 heterocycles. The van der Waals surface area contributed by atoms with E-state index in [1.165, 1.54) is 13.2 Å². The summed E-state index contributed by atoms with van der Waals surface area (Å²) in [4.78, 5) is 10.5. The smallest absolute Gasteiger partial charge is 0.357 e. The highest BCUT2D eigenvalue weighted by Crippen LogP contribution is 2.17. The molecule has 0 aliphatic rings. The van der Waals surface area contributed by atoms with Gasteiger partial charge in [-0.1, -0.05) is 0 Å². The van der Waals surface area contributed by atoms with Gasteiger partial charge in [0, 0.05) is 29.4 Å². The first kappa shape index (κ1) is 15.8. The summed E-state index contributed by atoms with van der Waals surface area (Å²) < 4.78 is 37.1. The van der Waals surface area contributed by atoms with E-state index in [4.69, 9.17) is 5.11 Å². The second kappa shape index (κ2) is 6.26. The van der Waals surface area contributed by atoms with Crippen LogP contribution in [-0.2, 0) is 20.8 Å². The van der Waals surface area contributed by atoms with Crippen LogP contribution >= 0.6 is 0 Å². The highest BCUT2D eigenvalue weighted by molar-refractivity contribution is 7.89. The lowest BCUT2D eigenvalue weighted by Crippen LogP contribution is -2.27. The van der Waals surface area contributed by atoms with Gasteiger partial charge in [-0.2, -0.15) is 5.10 Å². The minimum Gasteiger partial charge on any atom is -0.476 e. The van der Waals surface area contributed by atoms with Crippen molar-refractivity contribution in [2.75, 3.05) is 18.6 Å². The number of aromatic amines is 1. The fourth-order valence-corrected chi connectivity index (χ4v) is 3.39. The van der Waals surface area contributed by atoms with Crippen molar-refractivity contribution in [2.45, 2.75) is 18.2 Å². The molecule has 0 amide bonds. The lowest BCUT2D eigenvalue weighted by atomic mass is 10.4. The van der Waals surface area contributed by atoms with E-state index in [9.17, 15) is 17.4 Å². The van der Waals surface area contributed by atoms with E-state index in [2.05, 4.69) is 14.9 Å². The highest BCUT2D eigenvalue weighted by atomic mass is 32.2. The van der Waals surface area contributed by atoms with Crippen LogP contribution in [0.15, 0.2) is 4.90 Å². The predicted molar refractivity (Wildman–Crippen MR) is 69.0 cm³/mol. The summed E-state index contributed by atoms with van der Waals surface area (Å²) in [6, 6.07) is 0. The second-order valence-corrected chi connectivity index (χ2v) is 7.12. The highest BCUT2D eigenvalue weighted by Gasteiger charge is 2.27. The maximum Gasteiger partial charge on any atom is 0.357 e.